The van der Waals surface area contributed by atoms with Gasteiger partial charge in [0.1, 0.15) is 0 Å². The molecule has 0 fully saturated rings. The van der Waals surface area contributed by atoms with Gasteiger partial charge < -0.3 is 20.2 Å². The minimum atomic E-state index is -0.946. The quantitative estimate of drug-likeness (QED) is 0.239. The number of aliphatic carboxylic acids is 1. The predicted octanol–water partition coefficient (Wildman–Crippen LogP) is 5.81. The third-order valence-electron chi connectivity index (χ3n) is 5.83. The van der Waals surface area contributed by atoms with Crippen molar-refractivity contribution in [2.75, 3.05) is 11.9 Å². The van der Waals surface area contributed by atoms with E-state index >= 15 is 0 Å². The number of carboxylic acid groups (broad SMARTS) is 1. The van der Waals surface area contributed by atoms with E-state index in [4.69, 9.17) is 9.52 Å². The highest BCUT2D eigenvalue weighted by Gasteiger charge is 2.16. The van der Waals surface area contributed by atoms with Gasteiger partial charge in [0, 0.05) is 28.9 Å². The van der Waals surface area contributed by atoms with Gasteiger partial charge in [0.15, 0.2) is 0 Å². The summed E-state index contributed by atoms with van der Waals surface area (Å²) in [5, 5.41) is 23.3. The van der Waals surface area contributed by atoms with Gasteiger partial charge >= 0.3 is 5.97 Å². The van der Waals surface area contributed by atoms with Gasteiger partial charge in [-0.2, -0.15) is 0 Å². The Kier molecular flexibility index (Phi) is 8.30. The Morgan fingerprint density at radius 2 is 1.49 bits per heavy atom. The van der Waals surface area contributed by atoms with Gasteiger partial charge in [0.25, 0.3) is 5.91 Å². The Labute approximate surface area is 215 Å². The van der Waals surface area contributed by atoms with E-state index in [0.717, 1.165) is 28.8 Å². The molecule has 0 spiro atoms. The van der Waals surface area contributed by atoms with Crippen molar-refractivity contribution in [2.45, 2.75) is 32.7 Å². The highest BCUT2D eigenvalue weighted by molar-refractivity contribution is 5.94. The van der Waals surface area contributed by atoms with Crippen LogP contribution in [0.2, 0.25) is 0 Å². The smallest absolute Gasteiger partial charge is 0.305 e. The molecule has 0 radical (unpaired) electrons. The number of hydrogen-bond donors (Lipinski definition) is 3. The molecule has 1 atom stereocenters. The van der Waals surface area contributed by atoms with Gasteiger partial charge in [-0.05, 0) is 66.4 Å². The maximum absolute atomic E-state index is 12.2. The van der Waals surface area contributed by atoms with Crippen molar-refractivity contribution in [1.82, 2.24) is 15.5 Å². The molecule has 1 aromatic heterocycles. The minimum absolute atomic E-state index is 0.0619. The number of carbonyl (C=O) groups is 2. The molecule has 3 N–H and O–H groups in total. The number of amides is 1. The molecule has 190 valence electrons. The summed E-state index contributed by atoms with van der Waals surface area (Å²) in [7, 11) is 0. The zero-order chi connectivity index (χ0) is 26.2. The Hall–Kier alpha value is -4.46. The molecule has 4 aromatic rings. The SMILES string of the molecule is CC(C)C[C@H](Nc1ccc(C(=O)NCCC(=O)O)cc1)c1ccc(-c2nnc(-c3ccccc3)o2)cc1. The molecule has 0 unspecified atom stereocenters. The number of carboxylic acids is 1. The lowest BCUT2D eigenvalue weighted by atomic mass is 9.96. The molecule has 8 nitrogen and oxygen atoms in total. The third-order valence-corrected chi connectivity index (χ3v) is 5.83. The summed E-state index contributed by atoms with van der Waals surface area (Å²) in [6.45, 7) is 4.45. The maximum atomic E-state index is 12.2. The summed E-state index contributed by atoms with van der Waals surface area (Å²) >= 11 is 0. The van der Waals surface area contributed by atoms with Crippen LogP contribution in [0.25, 0.3) is 22.9 Å². The fourth-order valence-electron chi connectivity index (χ4n) is 3.95. The van der Waals surface area contributed by atoms with Gasteiger partial charge in [-0.25, -0.2) is 0 Å². The number of hydrogen-bond acceptors (Lipinski definition) is 6. The number of benzene rings is 3. The molecule has 37 heavy (non-hydrogen) atoms. The number of aromatic nitrogens is 2. The molecule has 1 amide bonds. The molecule has 8 heteroatoms. The summed E-state index contributed by atoms with van der Waals surface area (Å²) in [5.74, 6) is 0.173. The zero-order valence-corrected chi connectivity index (χ0v) is 20.8. The van der Waals surface area contributed by atoms with Gasteiger partial charge in [-0.1, -0.05) is 44.2 Å². The van der Waals surface area contributed by atoms with E-state index in [1.807, 2.05) is 54.6 Å². The Bertz CT molecular complexity index is 1320. The Balaban J connectivity index is 1.44. The van der Waals surface area contributed by atoms with Gasteiger partial charge in [0.05, 0.1) is 12.5 Å². The van der Waals surface area contributed by atoms with Gasteiger partial charge in [-0.3, -0.25) is 9.59 Å². The van der Waals surface area contributed by atoms with E-state index < -0.39 is 5.97 Å². The van der Waals surface area contributed by atoms with E-state index in [-0.39, 0.29) is 24.9 Å². The molecule has 4 rings (SSSR count). The highest BCUT2D eigenvalue weighted by atomic mass is 16.4. The van der Waals surface area contributed by atoms with Crippen LogP contribution in [0.3, 0.4) is 0 Å². The van der Waals surface area contributed by atoms with Crippen LogP contribution in [0.1, 0.15) is 48.7 Å². The lowest BCUT2D eigenvalue weighted by molar-refractivity contribution is -0.136. The van der Waals surface area contributed by atoms with Crippen LogP contribution in [-0.4, -0.2) is 33.7 Å². The predicted molar refractivity (Wildman–Crippen MR) is 142 cm³/mol. The number of carbonyl (C=O) groups excluding carboxylic acids is 1. The maximum Gasteiger partial charge on any atom is 0.305 e. The first-order chi connectivity index (χ1) is 17.9. The molecule has 0 saturated carbocycles. The second kappa shape index (κ2) is 12.0. The van der Waals surface area contributed by atoms with Crippen LogP contribution in [-0.2, 0) is 4.79 Å². The number of nitrogens with zero attached hydrogens (tertiary/aromatic N) is 2. The van der Waals surface area contributed by atoms with E-state index in [2.05, 4.69) is 46.8 Å². The van der Waals surface area contributed by atoms with Gasteiger partial charge in [0.2, 0.25) is 11.8 Å². The van der Waals surface area contributed by atoms with Crippen LogP contribution in [0, 0.1) is 5.92 Å². The molecule has 0 saturated heterocycles. The van der Waals surface area contributed by atoms with Gasteiger partial charge in [-0.15, -0.1) is 10.2 Å². The fourth-order valence-corrected chi connectivity index (χ4v) is 3.95. The Morgan fingerprint density at radius 1 is 0.865 bits per heavy atom. The van der Waals surface area contributed by atoms with Crippen molar-refractivity contribution < 1.29 is 19.1 Å². The largest absolute Gasteiger partial charge is 0.481 e. The monoisotopic (exact) mass is 498 g/mol. The van der Waals surface area contributed by atoms with Crippen molar-refractivity contribution in [3.8, 4) is 22.9 Å². The molecule has 0 aliphatic carbocycles. The van der Waals surface area contributed by atoms with Crippen LogP contribution in [0.4, 0.5) is 5.69 Å². The van der Waals surface area contributed by atoms with Crippen molar-refractivity contribution >= 4 is 17.6 Å². The molecule has 0 aliphatic rings. The summed E-state index contributed by atoms with van der Waals surface area (Å²) in [6.07, 6.45) is 0.803. The van der Waals surface area contributed by atoms with E-state index in [1.54, 1.807) is 12.1 Å². The van der Waals surface area contributed by atoms with Crippen molar-refractivity contribution in [3.63, 3.8) is 0 Å². The molecular weight excluding hydrogens is 468 g/mol. The molecule has 0 aliphatic heterocycles. The summed E-state index contributed by atoms with van der Waals surface area (Å²) in [4.78, 5) is 22.8. The zero-order valence-electron chi connectivity index (χ0n) is 20.8. The molecule has 0 bridgehead atoms. The average molecular weight is 499 g/mol. The minimum Gasteiger partial charge on any atom is -0.481 e. The first kappa shape index (κ1) is 25.6. The standard InChI is InChI=1S/C29H30N4O4/c1-19(2)18-25(31-24-14-12-21(13-15-24)27(36)30-17-16-26(34)35)20-8-10-23(11-9-20)29-33-32-28(37-29)22-6-4-3-5-7-22/h3-15,19,25,31H,16-18H2,1-2H3,(H,30,36)(H,34,35)/t25-/m0/s1. The normalized spacial score (nSPS) is 11.8. The second-order valence-corrected chi connectivity index (χ2v) is 9.20. The fraction of sp³-hybridized carbons (Fsp3) is 0.241. The first-order valence-electron chi connectivity index (χ1n) is 12.2. The number of nitrogens with one attached hydrogen (secondary N) is 2. The number of rotatable bonds is 11. The summed E-state index contributed by atoms with van der Waals surface area (Å²) < 4.78 is 5.88. The molecule has 1 heterocycles. The second-order valence-electron chi connectivity index (χ2n) is 9.20. The van der Waals surface area contributed by atoms with E-state index in [0.29, 0.717) is 23.3 Å². The highest BCUT2D eigenvalue weighted by Crippen LogP contribution is 2.29. The third kappa shape index (κ3) is 7.04. The van der Waals surface area contributed by atoms with Crippen LogP contribution in [0.5, 0.6) is 0 Å². The van der Waals surface area contributed by atoms with E-state index in [1.165, 1.54) is 0 Å². The van der Waals surface area contributed by atoms with Crippen molar-refractivity contribution in [3.05, 3.63) is 90.0 Å². The van der Waals surface area contributed by atoms with Crippen molar-refractivity contribution in [1.29, 1.82) is 0 Å². The lowest BCUT2D eigenvalue weighted by Crippen LogP contribution is -2.25. The first-order valence-corrected chi connectivity index (χ1v) is 12.2. The average Bonchev–Trinajstić information content (AvgIpc) is 3.39. The van der Waals surface area contributed by atoms with E-state index in [9.17, 15) is 9.59 Å². The topological polar surface area (TPSA) is 117 Å². The Morgan fingerprint density at radius 3 is 2.08 bits per heavy atom. The van der Waals surface area contributed by atoms with Crippen LogP contribution >= 0.6 is 0 Å². The summed E-state index contributed by atoms with van der Waals surface area (Å²) in [5.41, 5.74) is 4.22. The molecular formula is C29H30N4O4. The lowest BCUT2D eigenvalue weighted by Gasteiger charge is -2.22. The molecule has 3 aromatic carbocycles. The number of anilines is 1. The van der Waals surface area contributed by atoms with Crippen LogP contribution < -0.4 is 10.6 Å². The van der Waals surface area contributed by atoms with Crippen molar-refractivity contribution in [2.24, 2.45) is 5.92 Å². The summed E-state index contributed by atoms with van der Waals surface area (Å²) in [6, 6.07) is 25.0. The van der Waals surface area contributed by atoms with Crippen LogP contribution in [0.15, 0.2) is 83.3 Å².